The average Bonchev–Trinajstić information content (AvgIpc) is 3.35. The topological polar surface area (TPSA) is 95.0 Å². The van der Waals surface area contributed by atoms with Gasteiger partial charge in [-0.15, -0.1) is 0 Å². The molecular weight excluding hydrogens is 328 g/mol. The Morgan fingerprint density at radius 1 is 1.35 bits per heavy atom. The minimum absolute atomic E-state index is 0.518. The summed E-state index contributed by atoms with van der Waals surface area (Å²) in [6.07, 6.45) is 5.12. The zero-order valence-electron chi connectivity index (χ0n) is 14.6. The lowest BCUT2D eigenvalue weighted by atomic mass is 10.1. The largest absolute Gasteiger partial charge is 0.370 e. The van der Waals surface area contributed by atoms with Crippen LogP contribution >= 0.6 is 0 Å². The van der Waals surface area contributed by atoms with E-state index < -0.39 is 0 Å². The van der Waals surface area contributed by atoms with Crippen molar-refractivity contribution < 1.29 is 0 Å². The van der Waals surface area contributed by atoms with Gasteiger partial charge in [0.25, 0.3) is 5.78 Å². The third-order valence-corrected chi connectivity index (χ3v) is 4.72. The Balaban J connectivity index is 1.43. The molecular formula is C18H20N8. The molecule has 8 nitrogen and oxygen atoms in total. The van der Waals surface area contributed by atoms with Crippen molar-refractivity contribution in [3.63, 3.8) is 0 Å². The number of hydrogen-bond donors (Lipinski definition) is 1. The smallest absolute Gasteiger partial charge is 0.254 e. The van der Waals surface area contributed by atoms with Crippen LogP contribution in [-0.4, -0.2) is 44.2 Å². The minimum Gasteiger partial charge on any atom is -0.370 e. The first-order chi connectivity index (χ1) is 12.8. The molecule has 0 aliphatic carbocycles. The van der Waals surface area contributed by atoms with E-state index >= 15 is 0 Å². The van der Waals surface area contributed by atoms with Crippen LogP contribution in [0.4, 0.5) is 11.6 Å². The van der Waals surface area contributed by atoms with Gasteiger partial charge in [-0.1, -0.05) is 6.92 Å². The molecule has 1 fully saturated rings. The van der Waals surface area contributed by atoms with E-state index in [4.69, 9.17) is 5.26 Å². The number of nitrogens with zero attached hydrogens (tertiary/aromatic N) is 7. The van der Waals surface area contributed by atoms with Crippen molar-refractivity contribution in [1.82, 2.24) is 24.6 Å². The maximum absolute atomic E-state index is 8.83. The molecule has 3 aromatic heterocycles. The highest BCUT2D eigenvalue weighted by Crippen LogP contribution is 2.25. The molecule has 26 heavy (non-hydrogen) atoms. The standard InChI is InChI=1S/C18H20N8/c1-2-15-7-17(26-18(24-15)22-12-23-26)25-6-5-14(11-25)10-21-16-4-3-13(8-19)9-20-16/h3-4,7,9,12,14H,2,5-6,10-11H2,1H3,(H,20,21)/t14-/m0/s1. The summed E-state index contributed by atoms with van der Waals surface area (Å²) in [7, 11) is 0. The number of rotatable bonds is 5. The van der Waals surface area contributed by atoms with Gasteiger partial charge >= 0.3 is 0 Å². The highest BCUT2D eigenvalue weighted by atomic mass is 15.4. The fourth-order valence-electron chi connectivity index (χ4n) is 3.27. The van der Waals surface area contributed by atoms with Gasteiger partial charge in [-0.25, -0.2) is 9.97 Å². The van der Waals surface area contributed by atoms with Gasteiger partial charge in [0.05, 0.1) is 5.56 Å². The lowest BCUT2D eigenvalue weighted by Crippen LogP contribution is -2.25. The van der Waals surface area contributed by atoms with Crippen LogP contribution in [0.15, 0.2) is 30.7 Å². The number of nitriles is 1. The van der Waals surface area contributed by atoms with E-state index in [-0.39, 0.29) is 0 Å². The van der Waals surface area contributed by atoms with E-state index in [9.17, 15) is 0 Å². The quantitative estimate of drug-likeness (QED) is 0.752. The lowest BCUT2D eigenvalue weighted by Gasteiger charge is -2.20. The van der Waals surface area contributed by atoms with Crippen LogP contribution in [0.5, 0.6) is 0 Å². The fourth-order valence-corrected chi connectivity index (χ4v) is 3.27. The zero-order chi connectivity index (χ0) is 17.9. The fraction of sp³-hybridized carbons (Fsp3) is 0.389. The molecule has 0 spiro atoms. The summed E-state index contributed by atoms with van der Waals surface area (Å²) in [5.74, 6) is 3.04. The van der Waals surface area contributed by atoms with Crippen molar-refractivity contribution in [2.45, 2.75) is 19.8 Å². The number of hydrogen-bond acceptors (Lipinski definition) is 7. The number of nitrogens with one attached hydrogen (secondary N) is 1. The first-order valence-electron chi connectivity index (χ1n) is 8.81. The van der Waals surface area contributed by atoms with Crippen molar-refractivity contribution in [3.05, 3.63) is 42.0 Å². The summed E-state index contributed by atoms with van der Waals surface area (Å²) in [6, 6.07) is 7.82. The predicted octanol–water partition coefficient (Wildman–Crippen LogP) is 1.89. The molecule has 4 heterocycles. The molecule has 8 heteroatoms. The highest BCUT2D eigenvalue weighted by Gasteiger charge is 2.25. The van der Waals surface area contributed by atoms with Crippen molar-refractivity contribution in [2.24, 2.45) is 5.92 Å². The molecule has 0 aromatic carbocycles. The van der Waals surface area contributed by atoms with Crippen LogP contribution < -0.4 is 10.2 Å². The van der Waals surface area contributed by atoms with Crippen molar-refractivity contribution in [3.8, 4) is 6.07 Å². The van der Waals surface area contributed by atoms with Crippen molar-refractivity contribution >= 4 is 17.4 Å². The van der Waals surface area contributed by atoms with Gasteiger partial charge < -0.3 is 10.2 Å². The summed E-state index contributed by atoms with van der Waals surface area (Å²) >= 11 is 0. The van der Waals surface area contributed by atoms with Crippen LogP contribution in [0, 0.1) is 17.2 Å². The van der Waals surface area contributed by atoms with E-state index in [0.29, 0.717) is 17.3 Å². The molecule has 0 unspecified atom stereocenters. The molecule has 1 aliphatic rings. The summed E-state index contributed by atoms with van der Waals surface area (Å²) in [5, 5.41) is 16.5. The number of aromatic nitrogens is 5. The maximum Gasteiger partial charge on any atom is 0.254 e. The van der Waals surface area contributed by atoms with Gasteiger partial charge in [-0.05, 0) is 30.9 Å². The molecule has 0 amide bonds. The maximum atomic E-state index is 8.83. The van der Waals surface area contributed by atoms with Gasteiger partial charge in [-0.3, -0.25) is 0 Å². The molecule has 0 bridgehead atoms. The van der Waals surface area contributed by atoms with Gasteiger partial charge in [0.15, 0.2) is 0 Å². The number of aryl methyl sites for hydroxylation is 1. The van der Waals surface area contributed by atoms with Crippen LogP contribution in [0.1, 0.15) is 24.6 Å². The van der Waals surface area contributed by atoms with E-state index in [1.54, 1.807) is 18.6 Å². The van der Waals surface area contributed by atoms with Crippen LogP contribution in [-0.2, 0) is 6.42 Å². The van der Waals surface area contributed by atoms with Gasteiger partial charge in [-0.2, -0.15) is 19.9 Å². The van der Waals surface area contributed by atoms with Crippen LogP contribution in [0.2, 0.25) is 0 Å². The molecule has 132 valence electrons. The van der Waals surface area contributed by atoms with Crippen LogP contribution in [0.3, 0.4) is 0 Å². The highest BCUT2D eigenvalue weighted by molar-refractivity contribution is 5.48. The summed E-state index contributed by atoms with van der Waals surface area (Å²) < 4.78 is 1.82. The number of fused-ring (bicyclic) bond motifs is 1. The van der Waals surface area contributed by atoms with Gasteiger partial charge in [0, 0.05) is 37.6 Å². The third-order valence-electron chi connectivity index (χ3n) is 4.72. The van der Waals surface area contributed by atoms with Crippen molar-refractivity contribution in [2.75, 3.05) is 29.9 Å². The second-order valence-corrected chi connectivity index (χ2v) is 6.46. The van der Waals surface area contributed by atoms with Gasteiger partial charge in [0.1, 0.15) is 24.0 Å². The van der Waals surface area contributed by atoms with E-state index in [0.717, 1.165) is 49.8 Å². The molecule has 1 saturated heterocycles. The predicted molar refractivity (Wildman–Crippen MR) is 97.9 cm³/mol. The average molecular weight is 348 g/mol. The normalized spacial score (nSPS) is 16.8. The Hall–Kier alpha value is -3.21. The van der Waals surface area contributed by atoms with Crippen molar-refractivity contribution in [1.29, 1.82) is 5.26 Å². The SMILES string of the molecule is CCc1cc(N2CC[C@@H](CNc3ccc(C#N)cn3)C2)n2ncnc2n1. The first-order valence-corrected chi connectivity index (χ1v) is 8.81. The van der Waals surface area contributed by atoms with Gasteiger partial charge in [0.2, 0.25) is 0 Å². The Morgan fingerprint density at radius 2 is 2.27 bits per heavy atom. The van der Waals surface area contributed by atoms with E-state index in [1.807, 2.05) is 10.6 Å². The zero-order valence-corrected chi connectivity index (χ0v) is 14.6. The molecule has 0 saturated carbocycles. The van der Waals surface area contributed by atoms with E-state index in [1.165, 1.54) is 0 Å². The molecule has 4 rings (SSSR count). The summed E-state index contributed by atoms with van der Waals surface area (Å²) in [4.78, 5) is 15.4. The lowest BCUT2D eigenvalue weighted by molar-refractivity contribution is 0.620. The first kappa shape index (κ1) is 16.3. The Kier molecular flexibility index (Phi) is 4.35. The minimum atomic E-state index is 0.518. The Bertz CT molecular complexity index is 940. The molecule has 0 radical (unpaired) electrons. The Morgan fingerprint density at radius 3 is 3.04 bits per heavy atom. The molecule has 1 atom stereocenters. The van der Waals surface area contributed by atoms with E-state index in [2.05, 4.69) is 49.3 Å². The summed E-state index contributed by atoms with van der Waals surface area (Å²) in [5.41, 5.74) is 1.60. The second-order valence-electron chi connectivity index (χ2n) is 6.46. The Labute approximate surface area is 151 Å². The monoisotopic (exact) mass is 348 g/mol. The summed E-state index contributed by atoms with van der Waals surface area (Å²) in [6.45, 7) is 4.88. The molecule has 3 aromatic rings. The number of anilines is 2. The second kappa shape index (κ2) is 6.96. The third kappa shape index (κ3) is 3.16. The molecule has 1 aliphatic heterocycles. The van der Waals surface area contributed by atoms with Crippen LogP contribution in [0.25, 0.3) is 5.78 Å². The molecule has 1 N–H and O–H groups in total. The number of pyridine rings is 1.